The second-order valence-electron chi connectivity index (χ2n) is 6.02. The summed E-state index contributed by atoms with van der Waals surface area (Å²) in [5.41, 5.74) is 2.27. The zero-order valence-corrected chi connectivity index (χ0v) is 16.6. The lowest BCUT2D eigenvalue weighted by molar-refractivity contribution is 0.0526. The Morgan fingerprint density at radius 1 is 1.28 bits per heavy atom. The van der Waals surface area contributed by atoms with E-state index in [-0.39, 0.29) is 17.0 Å². The van der Waals surface area contributed by atoms with E-state index < -0.39 is 0 Å². The third-order valence-corrected chi connectivity index (χ3v) is 4.30. The fourth-order valence-electron chi connectivity index (χ4n) is 2.83. The highest BCUT2D eigenvalue weighted by Gasteiger charge is 2.15. The monoisotopic (exact) mass is 408 g/mol. The average molecular weight is 408 g/mol. The summed E-state index contributed by atoms with van der Waals surface area (Å²) < 4.78 is 6.65. The van der Waals surface area contributed by atoms with Gasteiger partial charge in [-0.15, -0.1) is 16.8 Å². The molecule has 0 aliphatic heterocycles. The van der Waals surface area contributed by atoms with Crippen LogP contribution in [-0.4, -0.2) is 27.4 Å². The Morgan fingerprint density at radius 2 is 2.00 bits per heavy atom. The van der Waals surface area contributed by atoms with Crippen LogP contribution in [0.5, 0.6) is 5.88 Å². The Morgan fingerprint density at radius 3 is 2.69 bits per heavy atom. The van der Waals surface area contributed by atoms with E-state index in [1.807, 2.05) is 24.3 Å². The van der Waals surface area contributed by atoms with E-state index in [9.17, 15) is 9.90 Å². The molecule has 0 radical (unpaired) electrons. The molecule has 0 saturated heterocycles. The first kappa shape index (κ1) is 20.2. The van der Waals surface area contributed by atoms with Crippen LogP contribution in [-0.2, 0) is 11.3 Å². The molecule has 8 heteroatoms. The molecule has 0 atom stereocenters. The number of carbonyl (C=O) groups is 1. The molecule has 0 spiro atoms. The number of thiocarbonyl (C=S) groups is 1. The van der Waals surface area contributed by atoms with E-state index in [1.54, 1.807) is 41.8 Å². The van der Waals surface area contributed by atoms with E-state index >= 15 is 0 Å². The molecule has 0 fully saturated rings. The van der Waals surface area contributed by atoms with E-state index in [0.717, 1.165) is 10.9 Å². The number of anilines is 1. The SMILES string of the molecule is C=CCn1c(O)c(N=NC(=S)Nc2ccc(C(=O)OCC)cc2)c2ccccc21. The average Bonchev–Trinajstić information content (AvgIpc) is 2.99. The quantitative estimate of drug-likeness (QED) is 0.254. The molecule has 0 aliphatic carbocycles. The van der Waals surface area contributed by atoms with Crippen molar-refractivity contribution in [1.82, 2.24) is 4.57 Å². The number of carbonyl (C=O) groups excluding carboxylic acids is 1. The largest absolute Gasteiger partial charge is 0.493 e. The van der Waals surface area contributed by atoms with Crippen molar-refractivity contribution in [3.8, 4) is 5.88 Å². The topological polar surface area (TPSA) is 88.2 Å². The molecule has 1 aromatic heterocycles. The summed E-state index contributed by atoms with van der Waals surface area (Å²) in [6, 6.07) is 14.1. The summed E-state index contributed by atoms with van der Waals surface area (Å²) >= 11 is 5.22. The van der Waals surface area contributed by atoms with Crippen LogP contribution in [0.25, 0.3) is 10.9 Å². The number of esters is 1. The summed E-state index contributed by atoms with van der Waals surface area (Å²) in [4.78, 5) is 11.7. The number of azo groups is 1. The number of allylic oxidation sites excluding steroid dienone is 1. The Balaban J connectivity index is 1.77. The van der Waals surface area contributed by atoms with Crippen LogP contribution in [0.4, 0.5) is 11.4 Å². The van der Waals surface area contributed by atoms with Gasteiger partial charge in [0.1, 0.15) is 0 Å². The van der Waals surface area contributed by atoms with Crippen molar-refractivity contribution in [3.05, 3.63) is 66.7 Å². The highest BCUT2D eigenvalue weighted by atomic mass is 32.1. The normalized spacial score (nSPS) is 10.9. The van der Waals surface area contributed by atoms with Gasteiger partial charge in [-0.1, -0.05) is 24.3 Å². The number of fused-ring (bicyclic) bond motifs is 1. The van der Waals surface area contributed by atoms with Gasteiger partial charge in [0.25, 0.3) is 0 Å². The summed E-state index contributed by atoms with van der Waals surface area (Å²) in [7, 11) is 0. The molecule has 7 nitrogen and oxygen atoms in total. The van der Waals surface area contributed by atoms with Crippen molar-refractivity contribution in [3.63, 3.8) is 0 Å². The van der Waals surface area contributed by atoms with Crippen LogP contribution in [0.1, 0.15) is 17.3 Å². The van der Waals surface area contributed by atoms with Gasteiger partial charge in [-0.3, -0.25) is 0 Å². The van der Waals surface area contributed by atoms with Gasteiger partial charge in [0, 0.05) is 17.6 Å². The van der Waals surface area contributed by atoms with E-state index in [4.69, 9.17) is 17.0 Å². The number of rotatable bonds is 6. The molecule has 0 aliphatic rings. The molecular formula is C21H20N4O3S. The third-order valence-electron chi connectivity index (χ3n) is 4.12. The number of benzene rings is 2. The Labute approximate surface area is 173 Å². The van der Waals surface area contributed by atoms with Crippen LogP contribution in [0.3, 0.4) is 0 Å². The molecule has 3 rings (SSSR count). The van der Waals surface area contributed by atoms with Gasteiger partial charge in [-0.25, -0.2) is 4.79 Å². The van der Waals surface area contributed by atoms with Crippen LogP contribution in [0.2, 0.25) is 0 Å². The van der Waals surface area contributed by atoms with Crippen LogP contribution < -0.4 is 5.32 Å². The molecule has 2 N–H and O–H groups in total. The molecule has 148 valence electrons. The van der Waals surface area contributed by atoms with Crippen molar-refractivity contribution in [2.24, 2.45) is 10.2 Å². The van der Waals surface area contributed by atoms with Crippen molar-refractivity contribution in [1.29, 1.82) is 0 Å². The van der Waals surface area contributed by atoms with Gasteiger partial charge in [-0.2, -0.15) is 0 Å². The van der Waals surface area contributed by atoms with Gasteiger partial charge in [0.2, 0.25) is 11.0 Å². The lowest BCUT2D eigenvalue weighted by Gasteiger charge is -2.05. The number of para-hydroxylation sites is 1. The lowest BCUT2D eigenvalue weighted by Crippen LogP contribution is -2.07. The maximum atomic E-state index is 11.7. The number of nitrogens with one attached hydrogen (secondary N) is 1. The second kappa shape index (κ2) is 9.11. The number of nitrogens with zero attached hydrogens (tertiary/aromatic N) is 3. The summed E-state index contributed by atoms with van der Waals surface area (Å²) in [6.45, 7) is 6.23. The van der Waals surface area contributed by atoms with Gasteiger partial charge in [0.15, 0.2) is 5.69 Å². The van der Waals surface area contributed by atoms with Crippen LogP contribution >= 0.6 is 12.2 Å². The number of ether oxygens (including phenoxy) is 1. The number of hydrogen-bond acceptors (Lipinski definition) is 5. The second-order valence-corrected chi connectivity index (χ2v) is 6.40. The Bertz CT molecular complexity index is 1090. The van der Waals surface area contributed by atoms with Crippen molar-refractivity contribution < 1.29 is 14.6 Å². The molecule has 1 heterocycles. The fourth-order valence-corrected chi connectivity index (χ4v) is 2.99. The molecule has 0 bridgehead atoms. The maximum Gasteiger partial charge on any atom is 0.338 e. The minimum Gasteiger partial charge on any atom is -0.493 e. The predicted octanol–water partition coefficient (Wildman–Crippen LogP) is 5.19. The van der Waals surface area contributed by atoms with Gasteiger partial charge in [-0.05, 0) is 49.5 Å². The first-order chi connectivity index (χ1) is 14.0. The fraction of sp³-hybridized carbons (Fsp3) is 0.143. The van der Waals surface area contributed by atoms with Crippen LogP contribution in [0, 0.1) is 0 Å². The summed E-state index contributed by atoms with van der Waals surface area (Å²) in [5.74, 6) is -0.385. The Kier molecular flexibility index (Phi) is 6.36. The molecular weight excluding hydrogens is 388 g/mol. The zero-order chi connectivity index (χ0) is 20.8. The highest BCUT2D eigenvalue weighted by Crippen LogP contribution is 2.38. The minimum atomic E-state index is -0.382. The number of hydrogen-bond donors (Lipinski definition) is 2. The van der Waals surface area contributed by atoms with E-state index in [0.29, 0.717) is 30.1 Å². The minimum absolute atomic E-state index is 0.00330. The maximum absolute atomic E-state index is 11.7. The molecule has 3 aromatic rings. The smallest absolute Gasteiger partial charge is 0.338 e. The van der Waals surface area contributed by atoms with Crippen molar-refractivity contribution in [2.45, 2.75) is 13.5 Å². The van der Waals surface area contributed by atoms with Gasteiger partial charge in [0.05, 0.1) is 17.7 Å². The first-order valence-corrected chi connectivity index (χ1v) is 9.37. The summed E-state index contributed by atoms with van der Waals surface area (Å²) in [6.07, 6.45) is 1.69. The first-order valence-electron chi connectivity index (χ1n) is 8.96. The number of aromatic hydroxyl groups is 1. The van der Waals surface area contributed by atoms with E-state index in [2.05, 4.69) is 22.1 Å². The molecule has 0 unspecified atom stereocenters. The predicted molar refractivity (Wildman–Crippen MR) is 117 cm³/mol. The van der Waals surface area contributed by atoms with Crippen molar-refractivity contribution >= 4 is 45.6 Å². The standard InChI is InChI=1S/C21H20N4O3S/c1-3-13-25-17-8-6-5-7-16(17)18(19(25)26)23-24-21(29)22-15-11-9-14(10-12-15)20(27)28-4-2/h3,5-12,26H,1,4,13H2,2H3,(H,22,29). The molecule has 2 aromatic carbocycles. The summed E-state index contributed by atoms with van der Waals surface area (Å²) in [5, 5.41) is 22.5. The van der Waals surface area contributed by atoms with Crippen molar-refractivity contribution in [2.75, 3.05) is 11.9 Å². The highest BCUT2D eigenvalue weighted by molar-refractivity contribution is 7.80. The molecule has 0 amide bonds. The van der Waals surface area contributed by atoms with Gasteiger partial charge >= 0.3 is 5.97 Å². The molecule has 29 heavy (non-hydrogen) atoms. The van der Waals surface area contributed by atoms with Gasteiger partial charge < -0.3 is 19.7 Å². The zero-order valence-electron chi connectivity index (χ0n) is 15.8. The Hall–Kier alpha value is -3.52. The van der Waals surface area contributed by atoms with Crippen LogP contribution in [0.15, 0.2) is 71.4 Å². The molecule has 0 saturated carbocycles. The third kappa shape index (κ3) is 4.49. The lowest BCUT2D eigenvalue weighted by atomic mass is 10.2. The number of aromatic nitrogens is 1. The van der Waals surface area contributed by atoms with E-state index in [1.165, 1.54) is 0 Å².